The number of aromatic amines is 1. The Labute approximate surface area is 250 Å². The monoisotopic (exact) mass is 601 g/mol. The normalized spacial score (nSPS) is 13.0. The maximum absolute atomic E-state index is 13.4. The standard InChI is InChI=1S/C30H43N5O8/c1-3-4-5-6-7-8-9-14-25(36)33-22(16-20-15-19-12-10-11-13-21(19)32-20)29(42)35-24(18-27(39)40)30(43)34-23(17-26(37)38)28(41)31-2/h10-13,15,22-24,32H,3-9,14,16-18H2,1-2H3,(H,31,41)(H,33,36)(H,34,43)(H,35,42)(H,37,38)(H,39,40). The number of aromatic nitrogens is 1. The molecule has 2 rings (SSSR count). The molecule has 3 unspecified atom stereocenters. The van der Waals surface area contributed by atoms with Crippen LogP contribution in [0.1, 0.15) is 76.8 Å². The molecule has 0 radical (unpaired) electrons. The molecule has 1 heterocycles. The molecule has 4 amide bonds. The van der Waals surface area contributed by atoms with Crippen molar-refractivity contribution in [2.45, 2.75) is 95.7 Å². The lowest BCUT2D eigenvalue weighted by molar-refractivity contribution is -0.143. The molecule has 13 heteroatoms. The molecule has 13 nitrogen and oxygen atoms in total. The van der Waals surface area contributed by atoms with Gasteiger partial charge in [0, 0.05) is 31.1 Å². The van der Waals surface area contributed by atoms with Gasteiger partial charge in [0.2, 0.25) is 23.6 Å². The first-order valence-corrected chi connectivity index (χ1v) is 14.7. The van der Waals surface area contributed by atoms with Crippen LogP contribution < -0.4 is 21.3 Å². The van der Waals surface area contributed by atoms with E-state index in [1.54, 1.807) is 0 Å². The zero-order valence-corrected chi connectivity index (χ0v) is 24.7. The second-order valence-corrected chi connectivity index (χ2v) is 10.5. The second kappa shape index (κ2) is 18.2. The molecule has 0 saturated carbocycles. The smallest absolute Gasteiger partial charge is 0.305 e. The number of para-hydroxylation sites is 1. The number of likely N-dealkylation sites (N-methyl/N-ethyl adjacent to an activating group) is 1. The van der Waals surface area contributed by atoms with Crippen molar-refractivity contribution in [2.24, 2.45) is 0 Å². The van der Waals surface area contributed by atoms with Crippen molar-refractivity contribution in [1.29, 1.82) is 0 Å². The highest BCUT2D eigenvalue weighted by Crippen LogP contribution is 2.16. The number of carbonyl (C=O) groups excluding carboxylic acids is 4. The molecular formula is C30H43N5O8. The van der Waals surface area contributed by atoms with E-state index in [9.17, 15) is 33.9 Å². The maximum atomic E-state index is 13.4. The van der Waals surface area contributed by atoms with E-state index in [-0.39, 0.29) is 18.7 Å². The molecule has 0 aliphatic carbocycles. The Morgan fingerprint density at radius 2 is 1.30 bits per heavy atom. The van der Waals surface area contributed by atoms with Gasteiger partial charge >= 0.3 is 11.9 Å². The lowest BCUT2D eigenvalue weighted by Gasteiger charge is -2.24. The molecule has 1 aromatic heterocycles. The summed E-state index contributed by atoms with van der Waals surface area (Å²) in [7, 11) is 1.25. The highest BCUT2D eigenvalue weighted by molar-refractivity contribution is 5.96. The Bertz CT molecular complexity index is 1230. The minimum atomic E-state index is -1.64. The zero-order chi connectivity index (χ0) is 31.8. The number of hydrogen-bond donors (Lipinski definition) is 7. The molecule has 0 fully saturated rings. The van der Waals surface area contributed by atoms with Crippen LogP contribution in [0.5, 0.6) is 0 Å². The second-order valence-electron chi connectivity index (χ2n) is 10.5. The summed E-state index contributed by atoms with van der Waals surface area (Å²) in [6, 6.07) is 5.00. The van der Waals surface area contributed by atoms with E-state index in [4.69, 9.17) is 5.11 Å². The first-order chi connectivity index (χ1) is 20.5. The molecule has 0 spiro atoms. The number of H-pyrrole nitrogens is 1. The lowest BCUT2D eigenvalue weighted by atomic mass is 10.1. The van der Waals surface area contributed by atoms with Crippen LogP contribution in [0.25, 0.3) is 10.9 Å². The van der Waals surface area contributed by atoms with Crippen molar-refractivity contribution >= 4 is 46.5 Å². The van der Waals surface area contributed by atoms with E-state index in [0.29, 0.717) is 12.1 Å². The molecule has 0 bridgehead atoms. The minimum absolute atomic E-state index is 0.0323. The first-order valence-electron chi connectivity index (χ1n) is 14.7. The van der Waals surface area contributed by atoms with Gasteiger partial charge in [-0.2, -0.15) is 0 Å². The van der Waals surface area contributed by atoms with E-state index < -0.39 is 60.6 Å². The fraction of sp³-hybridized carbons (Fsp3) is 0.533. The third-order valence-electron chi connectivity index (χ3n) is 6.94. The number of nitrogens with one attached hydrogen (secondary N) is 5. The molecule has 0 aliphatic heterocycles. The molecule has 236 valence electrons. The van der Waals surface area contributed by atoms with Crippen LogP contribution in [0.15, 0.2) is 30.3 Å². The van der Waals surface area contributed by atoms with Crippen LogP contribution in [0.4, 0.5) is 0 Å². The molecule has 0 saturated heterocycles. The van der Waals surface area contributed by atoms with Gasteiger partial charge in [-0.1, -0.05) is 63.6 Å². The SMILES string of the molecule is CCCCCCCCCC(=O)NC(Cc1cc2ccccc2[nH]1)C(=O)NC(CC(=O)O)C(=O)NC(CC(=O)O)C(=O)NC. The number of fused-ring (bicyclic) bond motifs is 1. The van der Waals surface area contributed by atoms with E-state index in [1.807, 2.05) is 30.3 Å². The van der Waals surface area contributed by atoms with Crippen molar-refractivity contribution < 1.29 is 39.0 Å². The highest BCUT2D eigenvalue weighted by Gasteiger charge is 2.32. The number of hydrogen-bond acceptors (Lipinski definition) is 6. The summed E-state index contributed by atoms with van der Waals surface area (Å²) >= 11 is 0. The molecule has 2 aromatic rings. The van der Waals surface area contributed by atoms with Crippen LogP contribution in [-0.2, 0) is 35.2 Å². The van der Waals surface area contributed by atoms with Gasteiger partial charge in [0.25, 0.3) is 0 Å². The van der Waals surface area contributed by atoms with E-state index in [0.717, 1.165) is 43.0 Å². The van der Waals surface area contributed by atoms with Gasteiger partial charge < -0.3 is 36.5 Å². The topological polar surface area (TPSA) is 207 Å². The molecule has 1 aromatic carbocycles. The number of aliphatic carboxylic acids is 2. The fourth-order valence-corrected chi connectivity index (χ4v) is 4.67. The summed E-state index contributed by atoms with van der Waals surface area (Å²) in [6.07, 6.45) is 5.75. The lowest BCUT2D eigenvalue weighted by Crippen LogP contribution is -2.57. The fourth-order valence-electron chi connectivity index (χ4n) is 4.67. The summed E-state index contributed by atoms with van der Waals surface area (Å²) < 4.78 is 0. The predicted molar refractivity (Wildman–Crippen MR) is 159 cm³/mol. The van der Waals surface area contributed by atoms with Gasteiger partial charge in [-0.3, -0.25) is 28.8 Å². The summed E-state index contributed by atoms with van der Waals surface area (Å²) in [6.45, 7) is 2.14. The van der Waals surface area contributed by atoms with Crippen molar-refractivity contribution in [3.8, 4) is 0 Å². The minimum Gasteiger partial charge on any atom is -0.481 e. The average molecular weight is 602 g/mol. The summed E-state index contributed by atoms with van der Waals surface area (Å²) in [5.74, 6) is -5.79. The number of carboxylic acids is 2. The van der Waals surface area contributed by atoms with Crippen molar-refractivity contribution in [3.05, 3.63) is 36.0 Å². The van der Waals surface area contributed by atoms with Gasteiger partial charge in [0.1, 0.15) is 18.1 Å². The van der Waals surface area contributed by atoms with Crippen LogP contribution in [0.3, 0.4) is 0 Å². The zero-order valence-electron chi connectivity index (χ0n) is 24.7. The van der Waals surface area contributed by atoms with Crippen LogP contribution in [-0.4, -0.2) is 75.9 Å². The van der Waals surface area contributed by atoms with Crippen molar-refractivity contribution in [1.82, 2.24) is 26.3 Å². The van der Waals surface area contributed by atoms with Crippen molar-refractivity contribution in [3.63, 3.8) is 0 Å². The predicted octanol–water partition coefficient (Wildman–Crippen LogP) is 2.00. The third-order valence-corrected chi connectivity index (χ3v) is 6.94. The van der Waals surface area contributed by atoms with E-state index >= 15 is 0 Å². The van der Waals surface area contributed by atoms with Gasteiger partial charge in [-0.15, -0.1) is 0 Å². The Morgan fingerprint density at radius 3 is 1.88 bits per heavy atom. The number of carbonyl (C=O) groups is 6. The van der Waals surface area contributed by atoms with Crippen LogP contribution in [0.2, 0.25) is 0 Å². The van der Waals surface area contributed by atoms with Gasteiger partial charge in [-0.25, -0.2) is 0 Å². The van der Waals surface area contributed by atoms with E-state index in [1.165, 1.54) is 13.5 Å². The van der Waals surface area contributed by atoms with E-state index in [2.05, 4.69) is 33.2 Å². The Balaban J connectivity index is 2.17. The molecule has 0 aliphatic rings. The molecule has 7 N–H and O–H groups in total. The quantitative estimate of drug-likeness (QED) is 0.111. The third kappa shape index (κ3) is 12.5. The average Bonchev–Trinajstić information content (AvgIpc) is 3.37. The van der Waals surface area contributed by atoms with Gasteiger partial charge in [-0.05, 0) is 23.9 Å². The summed E-state index contributed by atoms with van der Waals surface area (Å²) in [5.41, 5.74) is 1.46. The maximum Gasteiger partial charge on any atom is 0.305 e. The Kier molecular flexibility index (Phi) is 14.7. The van der Waals surface area contributed by atoms with Gasteiger partial charge in [0.15, 0.2) is 0 Å². The van der Waals surface area contributed by atoms with Crippen LogP contribution >= 0.6 is 0 Å². The van der Waals surface area contributed by atoms with Crippen molar-refractivity contribution in [2.75, 3.05) is 7.05 Å². The largest absolute Gasteiger partial charge is 0.481 e. The number of carboxylic acid groups (broad SMARTS) is 2. The number of rotatable bonds is 20. The van der Waals surface area contributed by atoms with Crippen LogP contribution in [0, 0.1) is 0 Å². The highest BCUT2D eigenvalue weighted by atomic mass is 16.4. The number of amides is 4. The molecule has 43 heavy (non-hydrogen) atoms. The molecular weight excluding hydrogens is 558 g/mol. The first kappa shape index (κ1) is 34.8. The summed E-state index contributed by atoms with van der Waals surface area (Å²) in [4.78, 5) is 77.2. The Morgan fingerprint density at radius 1 is 0.744 bits per heavy atom. The Hall–Kier alpha value is -4.42. The number of unbranched alkanes of at least 4 members (excludes halogenated alkanes) is 6. The molecule has 3 atom stereocenters. The number of benzene rings is 1. The summed E-state index contributed by atoms with van der Waals surface area (Å²) in [5, 5.41) is 28.9. The van der Waals surface area contributed by atoms with Gasteiger partial charge in [0.05, 0.1) is 12.8 Å².